The Kier molecular flexibility index (Phi) is 4.26. The summed E-state index contributed by atoms with van der Waals surface area (Å²) < 4.78 is 1.19. The Labute approximate surface area is 155 Å². The molecular formula is C22H17N3O2. The monoisotopic (exact) mass is 355 g/mol. The molecule has 0 aliphatic heterocycles. The van der Waals surface area contributed by atoms with Crippen molar-refractivity contribution in [1.82, 2.24) is 9.78 Å². The molecule has 0 spiro atoms. The van der Waals surface area contributed by atoms with Crippen LogP contribution in [0.4, 0.5) is 5.69 Å². The number of aromatic nitrogens is 2. The zero-order valence-corrected chi connectivity index (χ0v) is 14.7. The Morgan fingerprint density at radius 3 is 2.11 bits per heavy atom. The van der Waals surface area contributed by atoms with Crippen LogP contribution in [0.1, 0.15) is 10.5 Å². The minimum absolute atomic E-state index is 0.222. The number of hydrogen-bond acceptors (Lipinski definition) is 3. The van der Waals surface area contributed by atoms with Gasteiger partial charge in [-0.15, -0.1) is 0 Å². The molecule has 5 heteroatoms. The zero-order chi connectivity index (χ0) is 18.8. The molecule has 3 aromatic carbocycles. The summed E-state index contributed by atoms with van der Waals surface area (Å²) in [6.07, 6.45) is 0. The maximum absolute atomic E-state index is 12.8. The van der Waals surface area contributed by atoms with Crippen LogP contribution >= 0.6 is 0 Å². The van der Waals surface area contributed by atoms with Gasteiger partial charge in [-0.05, 0) is 29.3 Å². The van der Waals surface area contributed by atoms with Crippen molar-refractivity contribution >= 4 is 22.4 Å². The van der Waals surface area contributed by atoms with E-state index in [9.17, 15) is 9.59 Å². The van der Waals surface area contributed by atoms with Gasteiger partial charge < -0.3 is 5.32 Å². The van der Waals surface area contributed by atoms with Gasteiger partial charge in [0, 0.05) is 18.1 Å². The molecule has 1 aromatic heterocycles. The molecule has 4 aromatic rings. The maximum Gasteiger partial charge on any atom is 0.276 e. The average molecular weight is 355 g/mol. The van der Waals surface area contributed by atoms with Gasteiger partial charge in [-0.2, -0.15) is 5.10 Å². The molecule has 0 saturated heterocycles. The molecular weight excluding hydrogens is 338 g/mol. The van der Waals surface area contributed by atoms with Crippen molar-refractivity contribution in [3.8, 4) is 11.1 Å². The van der Waals surface area contributed by atoms with Gasteiger partial charge in [0.2, 0.25) is 0 Å². The fourth-order valence-electron chi connectivity index (χ4n) is 3.03. The summed E-state index contributed by atoms with van der Waals surface area (Å²) in [6, 6.07) is 24.6. The number of aryl methyl sites for hydroxylation is 1. The lowest BCUT2D eigenvalue weighted by molar-refractivity contribution is 0.102. The number of rotatable bonds is 3. The molecule has 1 amide bonds. The van der Waals surface area contributed by atoms with E-state index >= 15 is 0 Å². The first kappa shape index (κ1) is 16.7. The van der Waals surface area contributed by atoms with Crippen molar-refractivity contribution in [3.63, 3.8) is 0 Å². The molecule has 4 rings (SSSR count). The second-order valence-corrected chi connectivity index (χ2v) is 6.22. The molecule has 5 nitrogen and oxygen atoms in total. The second kappa shape index (κ2) is 6.88. The summed E-state index contributed by atoms with van der Waals surface area (Å²) in [4.78, 5) is 25.0. The lowest BCUT2D eigenvalue weighted by atomic mass is 10.1. The number of carbonyl (C=O) groups is 1. The molecule has 1 heterocycles. The van der Waals surface area contributed by atoms with Crippen LogP contribution in [0, 0.1) is 0 Å². The van der Waals surface area contributed by atoms with Crippen molar-refractivity contribution in [2.75, 3.05) is 5.32 Å². The van der Waals surface area contributed by atoms with Gasteiger partial charge in [0.25, 0.3) is 11.5 Å². The van der Waals surface area contributed by atoms with E-state index in [1.54, 1.807) is 31.3 Å². The summed E-state index contributed by atoms with van der Waals surface area (Å²) in [6.45, 7) is 0. The van der Waals surface area contributed by atoms with Gasteiger partial charge in [-0.1, -0.05) is 60.7 Å². The van der Waals surface area contributed by atoms with Crippen molar-refractivity contribution in [2.45, 2.75) is 0 Å². The van der Waals surface area contributed by atoms with Crippen molar-refractivity contribution < 1.29 is 4.79 Å². The fourth-order valence-corrected chi connectivity index (χ4v) is 3.03. The molecule has 0 unspecified atom stereocenters. The number of benzene rings is 3. The summed E-state index contributed by atoms with van der Waals surface area (Å²) in [5, 5.41) is 8.03. The quantitative estimate of drug-likeness (QED) is 0.607. The number of hydrogen-bond donors (Lipinski definition) is 1. The minimum atomic E-state index is -0.353. The SMILES string of the molecule is Cn1nc(C(=O)Nc2ccc(-c3ccccc3)cc2)c2ccccc2c1=O. The fraction of sp³-hybridized carbons (Fsp3) is 0.0455. The van der Waals surface area contributed by atoms with Gasteiger partial charge >= 0.3 is 0 Å². The number of amides is 1. The first-order valence-corrected chi connectivity index (χ1v) is 8.56. The number of fused-ring (bicyclic) bond motifs is 1. The summed E-state index contributed by atoms with van der Waals surface area (Å²) >= 11 is 0. The standard InChI is InChI=1S/C22H17N3O2/c1-25-22(27)19-10-6-5-9-18(19)20(24-25)21(26)23-17-13-11-16(12-14-17)15-7-3-2-4-8-15/h2-14H,1H3,(H,23,26). The smallest absolute Gasteiger partial charge is 0.276 e. The second-order valence-electron chi connectivity index (χ2n) is 6.22. The van der Waals surface area contributed by atoms with E-state index in [4.69, 9.17) is 0 Å². The Hall–Kier alpha value is -3.73. The van der Waals surface area contributed by atoms with E-state index in [1.165, 1.54) is 4.68 Å². The molecule has 27 heavy (non-hydrogen) atoms. The van der Waals surface area contributed by atoms with E-state index in [2.05, 4.69) is 10.4 Å². The molecule has 132 valence electrons. The number of nitrogens with zero attached hydrogens (tertiary/aromatic N) is 2. The molecule has 0 aliphatic carbocycles. The third-order valence-electron chi connectivity index (χ3n) is 4.42. The maximum atomic E-state index is 12.8. The van der Waals surface area contributed by atoms with Crippen molar-refractivity contribution in [3.05, 3.63) is 94.9 Å². The van der Waals surface area contributed by atoms with E-state index in [0.29, 0.717) is 16.5 Å². The van der Waals surface area contributed by atoms with Gasteiger partial charge in [-0.3, -0.25) is 9.59 Å². The van der Waals surface area contributed by atoms with Gasteiger partial charge in [0.05, 0.1) is 5.39 Å². The minimum Gasteiger partial charge on any atom is -0.321 e. The number of nitrogens with one attached hydrogen (secondary N) is 1. The Balaban J connectivity index is 1.64. The van der Waals surface area contributed by atoms with E-state index in [-0.39, 0.29) is 17.2 Å². The van der Waals surface area contributed by atoms with Crippen molar-refractivity contribution in [1.29, 1.82) is 0 Å². The van der Waals surface area contributed by atoms with Crippen LogP contribution in [0.15, 0.2) is 83.7 Å². The molecule has 1 N–H and O–H groups in total. The first-order chi connectivity index (χ1) is 13.1. The molecule has 0 fully saturated rings. The summed E-state index contributed by atoms with van der Waals surface area (Å²) in [7, 11) is 1.54. The van der Waals surface area contributed by atoms with Crippen molar-refractivity contribution in [2.24, 2.45) is 7.05 Å². The van der Waals surface area contributed by atoms with Gasteiger partial charge in [0.15, 0.2) is 5.69 Å². The topological polar surface area (TPSA) is 64.0 Å². The highest BCUT2D eigenvalue weighted by Crippen LogP contribution is 2.22. The number of anilines is 1. The van der Waals surface area contributed by atoms with Crippen LogP contribution in [0.3, 0.4) is 0 Å². The zero-order valence-electron chi connectivity index (χ0n) is 14.7. The van der Waals surface area contributed by atoms with Crippen LogP contribution in [0.2, 0.25) is 0 Å². The Morgan fingerprint density at radius 2 is 1.41 bits per heavy atom. The van der Waals surface area contributed by atoms with Crippen LogP contribution in [0.25, 0.3) is 21.9 Å². The third-order valence-corrected chi connectivity index (χ3v) is 4.42. The molecule has 0 saturated carbocycles. The molecule has 0 bridgehead atoms. The lowest BCUT2D eigenvalue weighted by Gasteiger charge is -2.09. The van der Waals surface area contributed by atoms with E-state index in [1.807, 2.05) is 54.6 Å². The summed E-state index contributed by atoms with van der Waals surface area (Å²) in [5.41, 5.74) is 2.84. The molecule has 0 radical (unpaired) electrons. The van der Waals surface area contributed by atoms with Crippen LogP contribution in [-0.4, -0.2) is 15.7 Å². The highest BCUT2D eigenvalue weighted by Gasteiger charge is 2.15. The molecule has 0 atom stereocenters. The Bertz CT molecular complexity index is 1180. The highest BCUT2D eigenvalue weighted by atomic mass is 16.2. The summed E-state index contributed by atoms with van der Waals surface area (Å²) in [5.74, 6) is -0.353. The normalized spacial score (nSPS) is 10.7. The lowest BCUT2D eigenvalue weighted by Crippen LogP contribution is -2.25. The predicted octanol–water partition coefficient (Wildman–Crippen LogP) is 3.85. The predicted molar refractivity (Wildman–Crippen MR) is 107 cm³/mol. The number of carbonyl (C=O) groups excluding carboxylic acids is 1. The first-order valence-electron chi connectivity index (χ1n) is 8.56. The Morgan fingerprint density at radius 1 is 0.815 bits per heavy atom. The van der Waals surface area contributed by atoms with Crippen LogP contribution in [-0.2, 0) is 7.05 Å². The van der Waals surface area contributed by atoms with Gasteiger partial charge in [0.1, 0.15) is 0 Å². The van der Waals surface area contributed by atoms with E-state index < -0.39 is 0 Å². The van der Waals surface area contributed by atoms with E-state index in [0.717, 1.165) is 11.1 Å². The van der Waals surface area contributed by atoms with Crippen LogP contribution < -0.4 is 10.9 Å². The van der Waals surface area contributed by atoms with Crippen LogP contribution in [0.5, 0.6) is 0 Å². The average Bonchev–Trinajstić information content (AvgIpc) is 2.72. The third kappa shape index (κ3) is 3.22. The van der Waals surface area contributed by atoms with Gasteiger partial charge in [-0.25, -0.2) is 4.68 Å². The largest absolute Gasteiger partial charge is 0.321 e. The molecule has 0 aliphatic rings. The highest BCUT2D eigenvalue weighted by molar-refractivity contribution is 6.11.